The Bertz CT molecular complexity index is 395. The van der Waals surface area contributed by atoms with Crippen molar-refractivity contribution in [1.29, 1.82) is 0 Å². The van der Waals surface area contributed by atoms with Gasteiger partial charge in [0.25, 0.3) is 0 Å². The van der Waals surface area contributed by atoms with Crippen LogP contribution in [0.4, 0.5) is 0 Å². The second kappa shape index (κ2) is 5.93. The summed E-state index contributed by atoms with van der Waals surface area (Å²) >= 11 is 0. The number of amides is 1. The van der Waals surface area contributed by atoms with E-state index in [2.05, 4.69) is 15.2 Å². The summed E-state index contributed by atoms with van der Waals surface area (Å²) < 4.78 is 0. The quantitative estimate of drug-likeness (QED) is 0.794. The Morgan fingerprint density at radius 2 is 2.28 bits per heavy atom. The molecule has 1 aliphatic rings. The molecule has 0 aliphatic carbocycles. The Kier molecular flexibility index (Phi) is 4.28. The zero-order valence-electron chi connectivity index (χ0n) is 10.7. The molecule has 0 aromatic carbocycles. The molecule has 2 heterocycles. The topological polar surface area (TPSA) is 71.2 Å². The van der Waals surface area contributed by atoms with Gasteiger partial charge in [-0.15, -0.1) is 0 Å². The van der Waals surface area contributed by atoms with Crippen molar-refractivity contribution in [1.82, 2.24) is 15.2 Å². The average Bonchev–Trinajstić information content (AvgIpc) is 2.72. The van der Waals surface area contributed by atoms with E-state index in [1.807, 2.05) is 19.1 Å². The van der Waals surface area contributed by atoms with Crippen molar-refractivity contribution in [3.8, 4) is 0 Å². The molecule has 2 rings (SSSR count). The molecule has 1 fully saturated rings. The highest BCUT2D eigenvalue weighted by molar-refractivity contribution is 5.82. The van der Waals surface area contributed by atoms with Crippen LogP contribution in [0.15, 0.2) is 24.5 Å². The molecule has 1 saturated heterocycles. The fourth-order valence-electron chi connectivity index (χ4n) is 2.40. The fourth-order valence-corrected chi connectivity index (χ4v) is 2.40. The summed E-state index contributed by atoms with van der Waals surface area (Å²) in [5.41, 5.74) is 7.13. The third-order valence-electron chi connectivity index (χ3n) is 3.22. The van der Waals surface area contributed by atoms with E-state index in [1.54, 1.807) is 12.4 Å². The van der Waals surface area contributed by atoms with E-state index < -0.39 is 0 Å². The fraction of sp³-hybridized carbons (Fsp3) is 0.538. The molecule has 0 radical (unpaired) electrons. The zero-order valence-corrected chi connectivity index (χ0v) is 10.7. The number of rotatable bonds is 4. The zero-order chi connectivity index (χ0) is 13.0. The number of likely N-dealkylation sites (tertiary alicyclic amines) is 1. The molecule has 1 amide bonds. The lowest BCUT2D eigenvalue weighted by Crippen LogP contribution is -2.42. The molecule has 5 heteroatoms. The van der Waals surface area contributed by atoms with E-state index in [0.29, 0.717) is 6.54 Å². The van der Waals surface area contributed by atoms with Gasteiger partial charge in [-0.2, -0.15) is 0 Å². The van der Waals surface area contributed by atoms with Crippen LogP contribution in [-0.4, -0.2) is 41.0 Å². The standard InChI is InChI=1S/C13H20N4O/c1-2-16-13(18)12-7-11(14)9-17(12)8-10-3-5-15-6-4-10/h3-6,11-12H,2,7-9,14H2,1H3,(H,16,18)/t11-,12+/m1/s1. The van der Waals surface area contributed by atoms with Crippen LogP contribution in [0.25, 0.3) is 0 Å². The van der Waals surface area contributed by atoms with E-state index in [0.717, 1.165) is 25.1 Å². The van der Waals surface area contributed by atoms with Gasteiger partial charge in [0.05, 0.1) is 6.04 Å². The van der Waals surface area contributed by atoms with Gasteiger partial charge in [0.1, 0.15) is 0 Å². The molecule has 1 aromatic heterocycles. The Balaban J connectivity index is 2.03. The number of nitrogens with one attached hydrogen (secondary N) is 1. The molecule has 0 saturated carbocycles. The Morgan fingerprint density at radius 1 is 1.56 bits per heavy atom. The smallest absolute Gasteiger partial charge is 0.237 e. The first-order chi connectivity index (χ1) is 8.70. The molecule has 5 nitrogen and oxygen atoms in total. The second-order valence-corrected chi connectivity index (χ2v) is 4.69. The molecule has 0 unspecified atom stereocenters. The summed E-state index contributed by atoms with van der Waals surface area (Å²) in [6.45, 7) is 4.11. The number of likely N-dealkylation sites (N-methyl/N-ethyl adjacent to an activating group) is 1. The van der Waals surface area contributed by atoms with E-state index in [4.69, 9.17) is 5.73 Å². The van der Waals surface area contributed by atoms with Crippen molar-refractivity contribution < 1.29 is 4.79 Å². The SMILES string of the molecule is CCNC(=O)[C@@H]1C[C@@H](N)CN1Cc1ccncc1. The Labute approximate surface area is 107 Å². The van der Waals surface area contributed by atoms with E-state index in [1.165, 1.54) is 0 Å². The van der Waals surface area contributed by atoms with Gasteiger partial charge in [0, 0.05) is 38.1 Å². The molecule has 1 aromatic rings. The number of carbonyl (C=O) groups excluding carboxylic acids is 1. The number of pyridine rings is 1. The lowest BCUT2D eigenvalue weighted by Gasteiger charge is -2.23. The third kappa shape index (κ3) is 3.05. The minimum absolute atomic E-state index is 0.0828. The summed E-state index contributed by atoms with van der Waals surface area (Å²) in [4.78, 5) is 18.1. The van der Waals surface area contributed by atoms with E-state index >= 15 is 0 Å². The van der Waals surface area contributed by atoms with Crippen LogP contribution in [0.3, 0.4) is 0 Å². The number of aromatic nitrogens is 1. The molecule has 98 valence electrons. The number of carbonyl (C=O) groups is 1. The van der Waals surface area contributed by atoms with Crippen LogP contribution in [0, 0.1) is 0 Å². The summed E-state index contributed by atoms with van der Waals surface area (Å²) in [5, 5.41) is 2.88. The molecule has 18 heavy (non-hydrogen) atoms. The van der Waals surface area contributed by atoms with Crippen LogP contribution in [0.1, 0.15) is 18.9 Å². The number of nitrogens with zero attached hydrogens (tertiary/aromatic N) is 2. The largest absolute Gasteiger partial charge is 0.355 e. The number of hydrogen-bond donors (Lipinski definition) is 2. The first-order valence-electron chi connectivity index (χ1n) is 6.37. The minimum Gasteiger partial charge on any atom is -0.355 e. The highest BCUT2D eigenvalue weighted by atomic mass is 16.2. The highest BCUT2D eigenvalue weighted by Gasteiger charge is 2.34. The van der Waals surface area contributed by atoms with Gasteiger partial charge in [-0.05, 0) is 31.0 Å². The summed E-state index contributed by atoms with van der Waals surface area (Å²) in [7, 11) is 0. The van der Waals surface area contributed by atoms with Crippen molar-refractivity contribution in [3.05, 3.63) is 30.1 Å². The maximum absolute atomic E-state index is 12.0. The van der Waals surface area contributed by atoms with Gasteiger partial charge in [0.2, 0.25) is 5.91 Å². The van der Waals surface area contributed by atoms with Crippen molar-refractivity contribution in [2.75, 3.05) is 13.1 Å². The van der Waals surface area contributed by atoms with Gasteiger partial charge in [0.15, 0.2) is 0 Å². The first kappa shape index (κ1) is 13.0. The summed E-state index contributed by atoms with van der Waals surface area (Å²) in [5.74, 6) is 0.0829. The Morgan fingerprint density at radius 3 is 2.94 bits per heavy atom. The van der Waals surface area contributed by atoms with Gasteiger partial charge < -0.3 is 11.1 Å². The molecular formula is C13H20N4O. The molecule has 1 aliphatic heterocycles. The van der Waals surface area contributed by atoms with Crippen molar-refractivity contribution >= 4 is 5.91 Å². The van der Waals surface area contributed by atoms with Crippen LogP contribution < -0.4 is 11.1 Å². The van der Waals surface area contributed by atoms with Gasteiger partial charge >= 0.3 is 0 Å². The number of nitrogens with two attached hydrogens (primary N) is 1. The average molecular weight is 248 g/mol. The third-order valence-corrected chi connectivity index (χ3v) is 3.22. The molecule has 3 N–H and O–H groups in total. The second-order valence-electron chi connectivity index (χ2n) is 4.69. The van der Waals surface area contributed by atoms with E-state index in [9.17, 15) is 4.79 Å². The van der Waals surface area contributed by atoms with Gasteiger partial charge in [-0.1, -0.05) is 0 Å². The van der Waals surface area contributed by atoms with Crippen LogP contribution >= 0.6 is 0 Å². The molecular weight excluding hydrogens is 228 g/mol. The van der Waals surface area contributed by atoms with Gasteiger partial charge in [-0.3, -0.25) is 14.7 Å². The van der Waals surface area contributed by atoms with Crippen LogP contribution in [-0.2, 0) is 11.3 Å². The lowest BCUT2D eigenvalue weighted by atomic mass is 10.1. The highest BCUT2D eigenvalue weighted by Crippen LogP contribution is 2.19. The van der Waals surface area contributed by atoms with Crippen molar-refractivity contribution in [2.24, 2.45) is 5.73 Å². The molecule has 2 atom stereocenters. The predicted octanol–water partition coefficient (Wildman–Crippen LogP) is 0.119. The Hall–Kier alpha value is -1.46. The monoisotopic (exact) mass is 248 g/mol. The van der Waals surface area contributed by atoms with Crippen LogP contribution in [0.5, 0.6) is 0 Å². The molecule has 0 spiro atoms. The summed E-state index contributed by atoms with van der Waals surface area (Å²) in [6, 6.07) is 3.92. The van der Waals surface area contributed by atoms with Gasteiger partial charge in [-0.25, -0.2) is 0 Å². The van der Waals surface area contributed by atoms with E-state index in [-0.39, 0.29) is 18.0 Å². The lowest BCUT2D eigenvalue weighted by molar-refractivity contribution is -0.125. The predicted molar refractivity (Wildman–Crippen MR) is 69.7 cm³/mol. The van der Waals surface area contributed by atoms with Crippen molar-refractivity contribution in [3.63, 3.8) is 0 Å². The normalized spacial score (nSPS) is 24.1. The molecule has 0 bridgehead atoms. The number of hydrogen-bond acceptors (Lipinski definition) is 4. The maximum Gasteiger partial charge on any atom is 0.237 e. The maximum atomic E-state index is 12.0. The van der Waals surface area contributed by atoms with Crippen molar-refractivity contribution in [2.45, 2.75) is 32.0 Å². The summed E-state index contributed by atoms with van der Waals surface area (Å²) in [6.07, 6.45) is 4.27. The van der Waals surface area contributed by atoms with Crippen LogP contribution in [0.2, 0.25) is 0 Å². The first-order valence-corrected chi connectivity index (χ1v) is 6.37. The minimum atomic E-state index is -0.104.